The second kappa shape index (κ2) is 35.4. The van der Waals surface area contributed by atoms with Crippen molar-refractivity contribution in [2.24, 2.45) is 0 Å². The molecular formula is H4Cl4Cu2O2. The van der Waals surface area contributed by atoms with Crippen molar-refractivity contribution in [1.29, 1.82) is 0 Å². The van der Waals surface area contributed by atoms with Gasteiger partial charge < -0.3 is 11.0 Å². The van der Waals surface area contributed by atoms with Crippen molar-refractivity contribution in [1.82, 2.24) is 0 Å². The Kier molecular flexibility index (Phi) is 99.5. The molecule has 2 nitrogen and oxygen atoms in total. The number of halogens is 4. The summed E-state index contributed by atoms with van der Waals surface area (Å²) in [5.74, 6) is 0. The Morgan fingerprint density at radius 2 is 0.625 bits per heavy atom. The van der Waals surface area contributed by atoms with Crippen molar-refractivity contribution in [3.63, 3.8) is 0 Å². The summed E-state index contributed by atoms with van der Waals surface area (Å²) in [5, 5.41) is 0. The zero-order chi connectivity index (χ0) is 5.41. The van der Waals surface area contributed by atoms with Gasteiger partial charge in [-0.1, -0.05) is 0 Å². The van der Waals surface area contributed by atoms with E-state index in [0.717, 1.165) is 26.3 Å². The molecule has 0 atom stereocenters. The van der Waals surface area contributed by atoms with E-state index < -0.39 is 0 Å². The second-order valence-electron chi connectivity index (χ2n) is 0.0861. The summed E-state index contributed by atoms with van der Waals surface area (Å²) in [4.78, 5) is 0. The number of hydrogen-bond donors (Lipinski definition) is 0. The Bertz CT molecular complexity index is 14.0. The van der Waals surface area contributed by atoms with Crippen molar-refractivity contribution in [2.75, 3.05) is 0 Å². The van der Waals surface area contributed by atoms with Gasteiger partial charge in [0.05, 0.1) is 0 Å². The van der Waals surface area contributed by atoms with Crippen molar-refractivity contribution in [3.8, 4) is 0 Å². The molecule has 0 unspecified atom stereocenters. The molecular weight excluding hydrogens is 301 g/mol. The maximum absolute atomic E-state index is 4.67. The van der Waals surface area contributed by atoms with Gasteiger partial charge >= 0.3 is 66.7 Å². The Labute approximate surface area is 77.0 Å². The Hall–Kier alpha value is 2.12. The van der Waals surface area contributed by atoms with E-state index in [1.54, 1.807) is 0 Å². The van der Waals surface area contributed by atoms with Crippen LogP contribution in [0.15, 0.2) is 0 Å². The maximum atomic E-state index is 4.67. The first kappa shape index (κ1) is 22.5. The Morgan fingerprint density at radius 1 is 0.625 bits per heavy atom. The van der Waals surface area contributed by atoms with Crippen molar-refractivity contribution >= 4 is 40.4 Å². The molecule has 0 fully saturated rings. The fraction of sp³-hybridized carbons (Fsp3) is 0. The van der Waals surface area contributed by atoms with Gasteiger partial charge in [-0.2, -0.15) is 0 Å². The van der Waals surface area contributed by atoms with E-state index in [1.807, 2.05) is 0 Å². The van der Waals surface area contributed by atoms with Crippen molar-refractivity contribution < 1.29 is 37.2 Å². The van der Waals surface area contributed by atoms with Gasteiger partial charge in [0.2, 0.25) is 0 Å². The van der Waals surface area contributed by atoms with E-state index in [0.29, 0.717) is 0 Å². The minimum absolute atomic E-state index is 0. The van der Waals surface area contributed by atoms with E-state index in [4.69, 9.17) is 0 Å². The van der Waals surface area contributed by atoms with Crippen LogP contribution < -0.4 is 0 Å². The summed E-state index contributed by atoms with van der Waals surface area (Å²) in [6.07, 6.45) is 0. The van der Waals surface area contributed by atoms with Crippen LogP contribution in [0, 0.1) is 0 Å². The topological polar surface area (TPSA) is 63.0 Å². The predicted octanol–water partition coefficient (Wildman–Crippen LogP) is 1.10. The standard InChI is InChI=1S/4ClH.2Cu.2H2O/h4*1H;;;2*1H2/q;;;;2*+2;;/p-4. The van der Waals surface area contributed by atoms with Crippen LogP contribution in [0.3, 0.4) is 0 Å². The fourth-order valence-corrected chi connectivity index (χ4v) is 0. The molecule has 0 aliphatic rings. The summed E-state index contributed by atoms with van der Waals surface area (Å²) in [7, 11) is 18.7. The zero-order valence-electron chi connectivity index (χ0n) is 3.11. The average Bonchev–Trinajstić information content (AvgIpc) is 1.39. The van der Waals surface area contributed by atoms with Crippen LogP contribution in [0.1, 0.15) is 0 Å². The second-order valence-corrected chi connectivity index (χ2v) is 3.20. The molecule has 0 aromatic heterocycles. The number of hydrogen-bond acceptors (Lipinski definition) is 0. The van der Waals surface area contributed by atoms with Crippen LogP contribution in [-0.2, 0) is 26.3 Å². The average molecular weight is 305 g/mol. The van der Waals surface area contributed by atoms with Gasteiger partial charge in [-0.25, -0.2) is 0 Å². The van der Waals surface area contributed by atoms with Crippen LogP contribution in [0.2, 0.25) is 0 Å². The molecule has 0 aromatic rings. The van der Waals surface area contributed by atoms with Crippen LogP contribution in [-0.4, -0.2) is 11.0 Å². The van der Waals surface area contributed by atoms with Crippen LogP contribution in [0.25, 0.3) is 0 Å². The third-order valence-corrected chi connectivity index (χ3v) is 0. The normalized spacial score (nSPS) is 5.50. The van der Waals surface area contributed by atoms with Gasteiger partial charge in [-0.05, 0) is 0 Å². The van der Waals surface area contributed by atoms with Crippen molar-refractivity contribution in [2.45, 2.75) is 0 Å². The zero-order valence-corrected chi connectivity index (χ0v) is 8.02. The first-order valence-electron chi connectivity index (χ1n) is 0.456. The molecule has 8 heteroatoms. The molecule has 0 radical (unpaired) electrons. The van der Waals surface area contributed by atoms with E-state index in [2.05, 4.69) is 40.4 Å². The molecule has 0 spiro atoms. The molecule has 4 N–H and O–H groups in total. The summed E-state index contributed by atoms with van der Waals surface area (Å²) in [5.41, 5.74) is 0. The van der Waals surface area contributed by atoms with Gasteiger partial charge in [0.1, 0.15) is 0 Å². The van der Waals surface area contributed by atoms with Gasteiger partial charge in [0.25, 0.3) is 0 Å². The van der Waals surface area contributed by atoms with Crippen LogP contribution in [0.4, 0.5) is 0 Å². The van der Waals surface area contributed by atoms with Gasteiger partial charge in [-0.15, -0.1) is 0 Å². The molecule has 0 heterocycles. The molecule has 0 aliphatic heterocycles. The first-order valence-corrected chi connectivity index (χ1v) is 5.64. The van der Waals surface area contributed by atoms with E-state index >= 15 is 0 Å². The molecule has 0 saturated carbocycles. The van der Waals surface area contributed by atoms with Gasteiger partial charge in [-0.3, -0.25) is 0 Å². The first-order chi connectivity index (χ1) is 2.83. The van der Waals surface area contributed by atoms with Crippen molar-refractivity contribution in [3.05, 3.63) is 0 Å². The Morgan fingerprint density at radius 3 is 0.625 bits per heavy atom. The minimum atomic E-state index is 0. The number of rotatable bonds is 0. The molecule has 0 aliphatic carbocycles. The molecule has 0 bridgehead atoms. The third kappa shape index (κ3) is 91.6. The van der Waals surface area contributed by atoms with E-state index in [-0.39, 0.29) is 11.0 Å². The van der Waals surface area contributed by atoms with E-state index in [1.165, 1.54) is 0 Å². The van der Waals surface area contributed by atoms with Gasteiger partial charge in [0, 0.05) is 0 Å². The fourth-order valence-electron chi connectivity index (χ4n) is 0. The third-order valence-electron chi connectivity index (χ3n) is 0. The molecule has 66 valence electrons. The van der Waals surface area contributed by atoms with Gasteiger partial charge in [0.15, 0.2) is 0 Å². The SMILES string of the molecule is O.O.[Cl][Cu][Cl].[Cl][Cu][Cl]. The molecule has 8 heavy (non-hydrogen) atoms. The molecule has 0 aromatic carbocycles. The predicted molar refractivity (Wildman–Crippen MR) is 30.6 cm³/mol. The Balaban J connectivity index is -0.0000000160. The van der Waals surface area contributed by atoms with E-state index in [9.17, 15) is 0 Å². The monoisotopic (exact) mass is 302 g/mol. The summed E-state index contributed by atoms with van der Waals surface area (Å²) in [6.45, 7) is 0. The van der Waals surface area contributed by atoms with Crippen LogP contribution in [0.5, 0.6) is 0 Å². The summed E-state index contributed by atoms with van der Waals surface area (Å²) < 4.78 is 0. The molecule has 0 saturated heterocycles. The molecule has 0 rings (SSSR count). The molecule has 0 amide bonds. The van der Waals surface area contributed by atoms with Crippen LogP contribution >= 0.6 is 40.4 Å². The quantitative estimate of drug-likeness (QED) is 0.602. The summed E-state index contributed by atoms with van der Waals surface area (Å²) in [6, 6.07) is 0. The summed E-state index contributed by atoms with van der Waals surface area (Å²) >= 11 is 1.51.